The van der Waals surface area contributed by atoms with Crippen molar-refractivity contribution in [1.82, 2.24) is 0 Å². The van der Waals surface area contributed by atoms with Gasteiger partial charge in [0, 0.05) is 16.5 Å². The van der Waals surface area contributed by atoms with Gasteiger partial charge < -0.3 is 10.1 Å². The number of carbonyl (C=O) groups is 1. The Morgan fingerprint density at radius 2 is 1.95 bits per heavy atom. The fourth-order valence-electron chi connectivity index (χ4n) is 1.93. The maximum Gasteiger partial charge on any atom is 0.224 e. The molecule has 0 aliphatic carbocycles. The van der Waals surface area contributed by atoms with E-state index in [1.54, 1.807) is 31.4 Å². The van der Waals surface area contributed by atoms with E-state index in [2.05, 4.69) is 5.32 Å². The number of hydrogen-bond donors (Lipinski definition) is 1. The van der Waals surface area contributed by atoms with Crippen LogP contribution in [0.5, 0.6) is 5.75 Å². The molecule has 0 heterocycles. The lowest BCUT2D eigenvalue weighted by molar-refractivity contribution is -0.116. The summed E-state index contributed by atoms with van der Waals surface area (Å²) in [5.74, 6) is 0.542. The van der Waals surface area contributed by atoms with Gasteiger partial charge in [0.1, 0.15) is 5.75 Å². The van der Waals surface area contributed by atoms with Gasteiger partial charge in [0.25, 0.3) is 0 Å². The number of anilines is 1. The van der Waals surface area contributed by atoms with Crippen LogP contribution in [0.25, 0.3) is 0 Å². The van der Waals surface area contributed by atoms with E-state index in [0.717, 1.165) is 5.56 Å². The quantitative estimate of drug-likeness (QED) is 0.875. The van der Waals surface area contributed by atoms with Crippen molar-refractivity contribution in [2.45, 2.75) is 12.8 Å². The lowest BCUT2D eigenvalue weighted by Crippen LogP contribution is -2.13. The molecule has 1 amide bonds. The van der Waals surface area contributed by atoms with Gasteiger partial charge in [-0.05, 0) is 36.2 Å². The fourth-order valence-corrected chi connectivity index (χ4v) is 2.44. The summed E-state index contributed by atoms with van der Waals surface area (Å²) in [5.41, 5.74) is 1.56. The number of benzene rings is 2. The molecule has 0 unspecified atom stereocenters. The molecule has 5 heteroatoms. The number of carbonyl (C=O) groups excluding carboxylic acids is 1. The highest BCUT2D eigenvalue weighted by atomic mass is 35.5. The second-order valence-electron chi connectivity index (χ2n) is 4.48. The molecule has 0 atom stereocenters. The van der Waals surface area contributed by atoms with Crippen molar-refractivity contribution in [2.75, 3.05) is 12.4 Å². The number of rotatable bonds is 5. The molecule has 2 aromatic rings. The van der Waals surface area contributed by atoms with E-state index in [0.29, 0.717) is 34.3 Å². The fraction of sp³-hybridized carbons (Fsp3) is 0.188. The van der Waals surface area contributed by atoms with E-state index in [9.17, 15) is 4.79 Å². The van der Waals surface area contributed by atoms with Crippen LogP contribution in [-0.2, 0) is 11.2 Å². The van der Waals surface area contributed by atoms with Crippen LogP contribution in [0.1, 0.15) is 12.0 Å². The minimum Gasteiger partial charge on any atom is -0.495 e. The van der Waals surface area contributed by atoms with Crippen molar-refractivity contribution in [1.29, 1.82) is 0 Å². The van der Waals surface area contributed by atoms with Crippen molar-refractivity contribution in [2.24, 2.45) is 0 Å². The Balaban J connectivity index is 1.96. The van der Waals surface area contributed by atoms with Gasteiger partial charge in [-0.2, -0.15) is 0 Å². The molecule has 0 aliphatic rings. The standard InChI is InChI=1S/C16H15Cl2NO2/c1-21-15-5-3-2-4-14(15)19-16(20)9-7-11-6-8-12(17)10-13(11)18/h2-6,8,10H,7,9H2,1H3,(H,19,20). The van der Waals surface area contributed by atoms with Crippen LogP contribution in [-0.4, -0.2) is 13.0 Å². The zero-order valence-corrected chi connectivity index (χ0v) is 13.0. The molecule has 3 nitrogen and oxygen atoms in total. The first-order valence-electron chi connectivity index (χ1n) is 6.47. The van der Waals surface area contributed by atoms with Crippen LogP contribution in [0, 0.1) is 0 Å². The summed E-state index contributed by atoms with van der Waals surface area (Å²) in [5, 5.41) is 3.99. The first kappa shape index (κ1) is 15.7. The monoisotopic (exact) mass is 323 g/mol. The maximum atomic E-state index is 12.0. The van der Waals surface area contributed by atoms with Gasteiger partial charge in [-0.1, -0.05) is 41.4 Å². The van der Waals surface area contributed by atoms with Crippen LogP contribution >= 0.6 is 23.2 Å². The molecule has 0 bridgehead atoms. The summed E-state index contributed by atoms with van der Waals surface area (Å²) >= 11 is 11.9. The van der Waals surface area contributed by atoms with Crippen LogP contribution in [0.2, 0.25) is 10.0 Å². The Bertz CT molecular complexity index is 644. The van der Waals surface area contributed by atoms with Gasteiger partial charge in [0.15, 0.2) is 0 Å². The average molecular weight is 324 g/mol. The summed E-state index contributed by atoms with van der Waals surface area (Å²) in [6.07, 6.45) is 0.885. The topological polar surface area (TPSA) is 38.3 Å². The lowest BCUT2D eigenvalue weighted by atomic mass is 10.1. The molecule has 110 valence electrons. The predicted octanol–water partition coefficient (Wildman–Crippen LogP) is 4.57. The number of halogens is 2. The van der Waals surface area contributed by atoms with E-state index in [-0.39, 0.29) is 5.91 Å². The number of aryl methyl sites for hydroxylation is 1. The Kier molecular flexibility index (Phi) is 5.48. The van der Waals surface area contributed by atoms with Crippen molar-refractivity contribution in [3.8, 4) is 5.75 Å². The summed E-state index contributed by atoms with van der Waals surface area (Å²) in [6, 6.07) is 12.6. The molecular weight excluding hydrogens is 309 g/mol. The number of para-hydroxylation sites is 2. The van der Waals surface area contributed by atoms with Crippen LogP contribution < -0.4 is 10.1 Å². The van der Waals surface area contributed by atoms with Crippen molar-refractivity contribution in [3.63, 3.8) is 0 Å². The van der Waals surface area contributed by atoms with Gasteiger partial charge in [-0.15, -0.1) is 0 Å². The van der Waals surface area contributed by atoms with Crippen LogP contribution in [0.4, 0.5) is 5.69 Å². The highest BCUT2D eigenvalue weighted by Crippen LogP contribution is 2.24. The first-order chi connectivity index (χ1) is 10.1. The number of hydrogen-bond acceptors (Lipinski definition) is 2. The normalized spacial score (nSPS) is 10.2. The number of methoxy groups -OCH3 is 1. The Morgan fingerprint density at radius 3 is 2.67 bits per heavy atom. The number of nitrogens with one attached hydrogen (secondary N) is 1. The molecule has 1 N–H and O–H groups in total. The summed E-state index contributed by atoms with van der Waals surface area (Å²) in [4.78, 5) is 12.0. The maximum absolute atomic E-state index is 12.0. The lowest BCUT2D eigenvalue weighted by Gasteiger charge is -2.10. The van der Waals surface area contributed by atoms with E-state index in [1.165, 1.54) is 0 Å². The SMILES string of the molecule is COc1ccccc1NC(=O)CCc1ccc(Cl)cc1Cl. The molecule has 0 saturated carbocycles. The number of amides is 1. The summed E-state index contributed by atoms with van der Waals surface area (Å²) in [6.45, 7) is 0. The summed E-state index contributed by atoms with van der Waals surface area (Å²) in [7, 11) is 1.57. The molecule has 0 saturated heterocycles. The smallest absolute Gasteiger partial charge is 0.224 e. The van der Waals surface area contributed by atoms with Gasteiger partial charge in [-0.3, -0.25) is 4.79 Å². The van der Waals surface area contributed by atoms with E-state index < -0.39 is 0 Å². The zero-order chi connectivity index (χ0) is 15.2. The third-order valence-electron chi connectivity index (χ3n) is 3.02. The minimum absolute atomic E-state index is 0.0921. The van der Waals surface area contributed by atoms with Crippen LogP contribution in [0.15, 0.2) is 42.5 Å². The molecule has 0 spiro atoms. The molecule has 2 rings (SSSR count). The van der Waals surface area contributed by atoms with Crippen molar-refractivity contribution < 1.29 is 9.53 Å². The Labute approximate surface area is 133 Å². The van der Waals surface area contributed by atoms with E-state index in [1.807, 2.05) is 18.2 Å². The predicted molar refractivity (Wildman–Crippen MR) is 86.4 cm³/mol. The molecule has 0 fully saturated rings. The molecule has 2 aromatic carbocycles. The molecular formula is C16H15Cl2NO2. The molecule has 21 heavy (non-hydrogen) atoms. The van der Waals surface area contributed by atoms with Crippen molar-refractivity contribution >= 4 is 34.8 Å². The third-order valence-corrected chi connectivity index (χ3v) is 3.60. The van der Waals surface area contributed by atoms with Crippen molar-refractivity contribution in [3.05, 3.63) is 58.1 Å². The third kappa shape index (κ3) is 4.38. The minimum atomic E-state index is -0.0921. The Morgan fingerprint density at radius 1 is 1.19 bits per heavy atom. The summed E-state index contributed by atoms with van der Waals surface area (Å²) < 4.78 is 5.19. The van der Waals surface area contributed by atoms with Crippen LogP contribution in [0.3, 0.4) is 0 Å². The highest BCUT2D eigenvalue weighted by Gasteiger charge is 2.08. The molecule has 0 radical (unpaired) electrons. The van der Waals surface area contributed by atoms with E-state index >= 15 is 0 Å². The van der Waals surface area contributed by atoms with Gasteiger partial charge >= 0.3 is 0 Å². The zero-order valence-electron chi connectivity index (χ0n) is 11.5. The van der Waals surface area contributed by atoms with Gasteiger partial charge in [0.05, 0.1) is 12.8 Å². The average Bonchev–Trinajstić information content (AvgIpc) is 2.47. The number of ether oxygens (including phenoxy) is 1. The van der Waals surface area contributed by atoms with E-state index in [4.69, 9.17) is 27.9 Å². The van der Waals surface area contributed by atoms with Gasteiger partial charge in [-0.25, -0.2) is 0 Å². The Hall–Kier alpha value is -1.71. The second-order valence-corrected chi connectivity index (χ2v) is 5.33. The first-order valence-corrected chi connectivity index (χ1v) is 7.22. The highest BCUT2D eigenvalue weighted by molar-refractivity contribution is 6.35. The molecule has 0 aliphatic heterocycles. The second kappa shape index (κ2) is 7.34. The molecule has 0 aromatic heterocycles. The van der Waals surface area contributed by atoms with Gasteiger partial charge in [0.2, 0.25) is 5.91 Å². The largest absolute Gasteiger partial charge is 0.495 e.